The van der Waals surface area contributed by atoms with Gasteiger partial charge in [0.2, 0.25) is 0 Å². The van der Waals surface area contributed by atoms with Crippen LogP contribution in [0.5, 0.6) is 0 Å². The number of nitrogens with zero attached hydrogens (tertiary/aromatic N) is 1. The number of allylic oxidation sites excluding steroid dienone is 4. The summed E-state index contributed by atoms with van der Waals surface area (Å²) in [7, 11) is 0. The maximum absolute atomic E-state index is 16.2. The van der Waals surface area contributed by atoms with E-state index in [1.807, 2.05) is 13.8 Å². The maximum Gasteiger partial charge on any atom is 0.416 e. The molecule has 3 atom stereocenters. The summed E-state index contributed by atoms with van der Waals surface area (Å²) in [6.45, 7) is 10.4. The molecular formula is C27H33F4N. The van der Waals surface area contributed by atoms with Gasteiger partial charge in [-0.25, -0.2) is 4.39 Å². The minimum absolute atomic E-state index is 0.0662. The van der Waals surface area contributed by atoms with Crippen LogP contribution in [0.1, 0.15) is 84.3 Å². The van der Waals surface area contributed by atoms with Crippen molar-refractivity contribution < 1.29 is 17.6 Å². The van der Waals surface area contributed by atoms with Gasteiger partial charge < -0.3 is 0 Å². The van der Waals surface area contributed by atoms with Crippen molar-refractivity contribution in [1.82, 2.24) is 0 Å². The number of rotatable bonds is 2. The molecule has 1 aromatic rings. The van der Waals surface area contributed by atoms with Gasteiger partial charge in [0.1, 0.15) is 5.83 Å². The largest absolute Gasteiger partial charge is 0.416 e. The Morgan fingerprint density at radius 1 is 1.12 bits per heavy atom. The lowest BCUT2D eigenvalue weighted by molar-refractivity contribution is -0.137. The minimum atomic E-state index is -4.45. The van der Waals surface area contributed by atoms with Crippen molar-refractivity contribution >= 4 is 5.71 Å². The molecule has 3 unspecified atom stereocenters. The molecule has 0 bridgehead atoms. The van der Waals surface area contributed by atoms with Crippen molar-refractivity contribution in [3.8, 4) is 0 Å². The van der Waals surface area contributed by atoms with E-state index >= 15 is 4.39 Å². The number of aliphatic imine (C=N–C) groups is 1. The van der Waals surface area contributed by atoms with Crippen LogP contribution in [0.3, 0.4) is 0 Å². The van der Waals surface area contributed by atoms with Crippen molar-refractivity contribution in [3.05, 3.63) is 58.1 Å². The van der Waals surface area contributed by atoms with Crippen LogP contribution in [-0.4, -0.2) is 5.71 Å². The topological polar surface area (TPSA) is 12.4 Å². The maximum atomic E-state index is 16.2. The zero-order valence-electron chi connectivity index (χ0n) is 19.7. The molecule has 3 aliphatic rings. The molecular weight excluding hydrogens is 414 g/mol. The molecule has 0 saturated carbocycles. The molecule has 5 heteroatoms. The van der Waals surface area contributed by atoms with Gasteiger partial charge in [-0.1, -0.05) is 45.9 Å². The highest BCUT2D eigenvalue weighted by molar-refractivity contribution is 6.07. The van der Waals surface area contributed by atoms with Gasteiger partial charge in [0.25, 0.3) is 0 Å². The summed E-state index contributed by atoms with van der Waals surface area (Å²) in [5.74, 6) is -0.323. The van der Waals surface area contributed by atoms with Gasteiger partial charge in [-0.3, -0.25) is 4.99 Å². The van der Waals surface area contributed by atoms with Gasteiger partial charge in [-0.05, 0) is 74.0 Å². The molecule has 0 radical (unpaired) electrons. The highest BCUT2D eigenvalue weighted by atomic mass is 19.4. The first kappa shape index (κ1) is 23.3. The number of alkyl halides is 3. The van der Waals surface area contributed by atoms with E-state index in [9.17, 15) is 13.2 Å². The molecule has 32 heavy (non-hydrogen) atoms. The van der Waals surface area contributed by atoms with Crippen LogP contribution in [0.2, 0.25) is 0 Å². The Morgan fingerprint density at radius 3 is 2.50 bits per heavy atom. The second kappa shape index (κ2) is 7.85. The predicted molar refractivity (Wildman–Crippen MR) is 121 cm³/mol. The number of hydrogen-bond acceptors (Lipinski definition) is 1. The summed E-state index contributed by atoms with van der Waals surface area (Å²) < 4.78 is 57.1. The van der Waals surface area contributed by atoms with E-state index in [-0.39, 0.29) is 23.1 Å². The van der Waals surface area contributed by atoms with Gasteiger partial charge in [0.15, 0.2) is 0 Å². The molecule has 1 nitrogen and oxygen atoms in total. The molecule has 0 amide bonds. The third-order valence-electron chi connectivity index (χ3n) is 7.93. The van der Waals surface area contributed by atoms with E-state index in [2.05, 4.69) is 20.8 Å². The van der Waals surface area contributed by atoms with Crippen LogP contribution in [-0.2, 0) is 11.6 Å². The third kappa shape index (κ3) is 3.76. The Hall–Kier alpha value is -1.91. The molecule has 0 fully saturated rings. The van der Waals surface area contributed by atoms with Crippen LogP contribution in [0.25, 0.3) is 0 Å². The fourth-order valence-electron chi connectivity index (χ4n) is 5.85. The Bertz CT molecular complexity index is 1010. The number of benzene rings is 1. The van der Waals surface area contributed by atoms with Crippen molar-refractivity contribution in [3.63, 3.8) is 0 Å². The highest BCUT2D eigenvalue weighted by Gasteiger charge is 2.49. The van der Waals surface area contributed by atoms with Crippen LogP contribution in [0.15, 0.2) is 51.9 Å². The highest BCUT2D eigenvalue weighted by Crippen LogP contribution is 2.56. The summed E-state index contributed by atoms with van der Waals surface area (Å²) in [5.41, 5.74) is 2.18. The van der Waals surface area contributed by atoms with Gasteiger partial charge in [0, 0.05) is 22.6 Å². The molecule has 4 rings (SSSR count). The van der Waals surface area contributed by atoms with Gasteiger partial charge in [0.05, 0.1) is 11.3 Å². The fourth-order valence-corrected chi connectivity index (χ4v) is 5.85. The molecule has 2 aliphatic carbocycles. The van der Waals surface area contributed by atoms with E-state index in [0.29, 0.717) is 24.0 Å². The van der Waals surface area contributed by atoms with Crippen LogP contribution in [0.4, 0.5) is 17.6 Å². The van der Waals surface area contributed by atoms with Gasteiger partial charge >= 0.3 is 6.18 Å². The summed E-state index contributed by atoms with van der Waals surface area (Å²) in [5, 5.41) is 0. The minimum Gasteiger partial charge on any atom is -0.257 e. The van der Waals surface area contributed by atoms with Crippen molar-refractivity contribution in [2.45, 2.75) is 84.7 Å². The fraction of sp³-hybridized carbons (Fsp3) is 0.593. The lowest BCUT2D eigenvalue weighted by atomic mass is 9.60. The average molecular weight is 448 g/mol. The van der Waals surface area contributed by atoms with Crippen LogP contribution < -0.4 is 0 Å². The average Bonchev–Trinajstić information content (AvgIpc) is 2.83. The Morgan fingerprint density at radius 2 is 1.84 bits per heavy atom. The first-order valence-electron chi connectivity index (χ1n) is 11.8. The predicted octanol–water partition coefficient (Wildman–Crippen LogP) is 8.56. The zero-order chi connectivity index (χ0) is 23.5. The molecule has 0 N–H and O–H groups in total. The second-order valence-electron chi connectivity index (χ2n) is 10.8. The normalized spacial score (nSPS) is 30.5. The Labute approximate surface area is 188 Å². The molecule has 0 spiro atoms. The first-order valence-corrected chi connectivity index (χ1v) is 11.8. The molecule has 1 heterocycles. The third-order valence-corrected chi connectivity index (χ3v) is 7.93. The summed E-state index contributed by atoms with van der Waals surface area (Å²) in [4.78, 5) is 5.05. The zero-order valence-corrected chi connectivity index (χ0v) is 19.7. The van der Waals surface area contributed by atoms with E-state index < -0.39 is 17.2 Å². The monoisotopic (exact) mass is 447 g/mol. The summed E-state index contributed by atoms with van der Waals surface area (Å²) >= 11 is 0. The van der Waals surface area contributed by atoms with Gasteiger partial charge in [-0.15, -0.1) is 0 Å². The van der Waals surface area contributed by atoms with E-state index in [1.54, 1.807) is 6.07 Å². The van der Waals surface area contributed by atoms with Gasteiger partial charge in [-0.2, -0.15) is 13.2 Å². The number of hydrogen-bond donors (Lipinski definition) is 0. The van der Waals surface area contributed by atoms with E-state index in [1.165, 1.54) is 12.1 Å². The van der Waals surface area contributed by atoms with E-state index in [4.69, 9.17) is 4.99 Å². The molecule has 0 aromatic heterocycles. The molecule has 1 aromatic carbocycles. The van der Waals surface area contributed by atoms with E-state index in [0.717, 1.165) is 48.7 Å². The molecule has 174 valence electrons. The Kier molecular flexibility index (Phi) is 5.70. The Balaban J connectivity index is 2.03. The van der Waals surface area contributed by atoms with Crippen molar-refractivity contribution in [2.75, 3.05) is 0 Å². The summed E-state index contributed by atoms with van der Waals surface area (Å²) in [6, 6.07) is 5.51. The first-order chi connectivity index (χ1) is 14.9. The smallest absolute Gasteiger partial charge is 0.257 e. The number of fused-ring (bicyclic) bond motifs is 1. The summed E-state index contributed by atoms with van der Waals surface area (Å²) in [6.07, 6.45) is 0.187. The quantitative estimate of drug-likeness (QED) is 0.403. The lowest BCUT2D eigenvalue weighted by Gasteiger charge is -2.46. The number of halogens is 4. The van der Waals surface area contributed by atoms with Crippen LogP contribution >= 0.6 is 0 Å². The second-order valence-corrected chi connectivity index (χ2v) is 10.8. The SMILES string of the molecule is CCC1CCC(C)C2=NC3=C(CCC(C)(C)C3)C(C)(c3cccc(C(F)(F)F)c3)C2=C1F. The molecule has 0 saturated heterocycles. The van der Waals surface area contributed by atoms with Crippen molar-refractivity contribution in [1.29, 1.82) is 0 Å². The van der Waals surface area contributed by atoms with Crippen molar-refractivity contribution in [2.24, 2.45) is 22.2 Å². The lowest BCUT2D eigenvalue weighted by Crippen LogP contribution is -2.40. The van der Waals surface area contributed by atoms with Crippen LogP contribution in [0, 0.1) is 17.3 Å². The standard InChI is InChI=1S/C27H33F4N/c1-6-17-11-10-16(2)24-22(23(17)28)26(5,18-8-7-9-19(14-18)27(29,30)31)20-12-13-25(3,4)15-21(20)32-24/h7-9,14,16-17H,6,10-13,15H2,1-5H3. The molecule has 1 aliphatic heterocycles.